The average Bonchev–Trinajstić information content (AvgIpc) is 1.79. The van der Waals surface area contributed by atoms with Crippen LogP contribution in [0.2, 0.25) is 0 Å². The minimum Gasteiger partial charge on any atom is -0.198 e. The first-order chi connectivity index (χ1) is 5.87. The zero-order valence-electron chi connectivity index (χ0n) is 5.95. The Morgan fingerprint density at radius 2 is 1.14 bits per heavy atom. The van der Waals surface area contributed by atoms with Gasteiger partial charge in [-0.05, 0) is 0 Å². The SMILES string of the molecule is O=S(=O)(F)C1C(F)(F)C(F)(F)C1(F)F. The molecule has 1 aliphatic carbocycles. The average molecular weight is 246 g/mol. The van der Waals surface area contributed by atoms with Crippen LogP contribution in [0.25, 0.3) is 0 Å². The highest BCUT2D eigenvalue weighted by atomic mass is 32.3. The fraction of sp³-hybridized carbons (Fsp3) is 1.00. The van der Waals surface area contributed by atoms with Gasteiger partial charge >= 0.3 is 28.0 Å². The summed E-state index contributed by atoms with van der Waals surface area (Å²) in [6.45, 7) is 0. The minimum atomic E-state index is -6.43. The predicted octanol–water partition coefficient (Wildman–Crippen LogP) is 1.57. The van der Waals surface area contributed by atoms with E-state index in [0.29, 0.717) is 0 Å². The van der Waals surface area contributed by atoms with E-state index in [1.807, 2.05) is 0 Å². The van der Waals surface area contributed by atoms with E-state index in [-0.39, 0.29) is 0 Å². The van der Waals surface area contributed by atoms with Gasteiger partial charge in [0.2, 0.25) is 5.25 Å². The van der Waals surface area contributed by atoms with E-state index in [4.69, 9.17) is 0 Å². The largest absolute Gasteiger partial charge is 0.375 e. The first kappa shape index (κ1) is 11.5. The molecule has 0 amide bonds. The van der Waals surface area contributed by atoms with Crippen LogP contribution in [-0.4, -0.2) is 31.4 Å². The predicted molar refractivity (Wildman–Crippen MR) is 28.7 cm³/mol. The molecule has 84 valence electrons. The molecule has 0 radical (unpaired) electrons. The van der Waals surface area contributed by atoms with Gasteiger partial charge in [0.25, 0.3) is 0 Å². The van der Waals surface area contributed by atoms with Gasteiger partial charge in [0.05, 0.1) is 0 Å². The van der Waals surface area contributed by atoms with Gasteiger partial charge in [0, 0.05) is 0 Å². The summed E-state index contributed by atoms with van der Waals surface area (Å²) < 4.78 is 104. The molecule has 0 spiro atoms. The van der Waals surface area contributed by atoms with Gasteiger partial charge in [-0.2, -0.15) is 34.8 Å². The second-order valence-corrected chi connectivity index (χ2v) is 4.10. The Hall–Kier alpha value is -0.540. The summed E-state index contributed by atoms with van der Waals surface area (Å²) in [5, 5.41) is -4.31. The molecule has 10 heteroatoms. The molecule has 1 fully saturated rings. The van der Waals surface area contributed by atoms with Crippen molar-refractivity contribution in [3.63, 3.8) is 0 Å². The first-order valence-corrected chi connectivity index (χ1v) is 4.38. The molecule has 0 atom stereocenters. The van der Waals surface area contributed by atoms with Crippen LogP contribution in [0.5, 0.6) is 0 Å². The van der Waals surface area contributed by atoms with Gasteiger partial charge < -0.3 is 0 Å². The van der Waals surface area contributed by atoms with Crippen LogP contribution in [0.15, 0.2) is 0 Å². The first-order valence-electron chi connectivity index (χ1n) is 2.93. The summed E-state index contributed by atoms with van der Waals surface area (Å²) in [7, 11) is -6.43. The number of alkyl halides is 6. The number of halogens is 7. The standard InChI is InChI=1S/C4HF7O2S/c5-2(6)1(14(11,12)13)3(7,8)4(2,9)10/h1H. The van der Waals surface area contributed by atoms with Gasteiger partial charge in [-0.1, -0.05) is 0 Å². The molecule has 0 unspecified atom stereocenters. The summed E-state index contributed by atoms with van der Waals surface area (Å²) >= 11 is 0. The Morgan fingerprint density at radius 1 is 0.857 bits per heavy atom. The summed E-state index contributed by atoms with van der Waals surface area (Å²) in [4.78, 5) is 0. The summed E-state index contributed by atoms with van der Waals surface area (Å²) in [5.41, 5.74) is 0. The number of hydrogen-bond donors (Lipinski definition) is 0. The molecule has 0 heterocycles. The quantitative estimate of drug-likeness (QED) is 0.520. The summed E-state index contributed by atoms with van der Waals surface area (Å²) in [5.74, 6) is -17.0. The van der Waals surface area contributed by atoms with Crippen molar-refractivity contribution in [1.29, 1.82) is 0 Å². The van der Waals surface area contributed by atoms with Crippen molar-refractivity contribution >= 4 is 10.2 Å². The number of rotatable bonds is 1. The molecule has 1 saturated carbocycles. The highest BCUT2D eigenvalue weighted by molar-refractivity contribution is 7.87. The molecular weight excluding hydrogens is 245 g/mol. The fourth-order valence-corrected chi connectivity index (χ4v) is 2.06. The van der Waals surface area contributed by atoms with Crippen LogP contribution in [0, 0.1) is 0 Å². The molecule has 1 rings (SSSR count). The van der Waals surface area contributed by atoms with Gasteiger partial charge in [-0.3, -0.25) is 0 Å². The lowest BCUT2D eigenvalue weighted by atomic mass is 9.84. The van der Waals surface area contributed by atoms with Crippen LogP contribution in [0.3, 0.4) is 0 Å². The molecule has 0 aliphatic heterocycles. The molecule has 0 aromatic rings. The van der Waals surface area contributed by atoms with Crippen molar-refractivity contribution in [2.45, 2.75) is 23.0 Å². The summed E-state index contributed by atoms with van der Waals surface area (Å²) in [6.07, 6.45) is 0. The van der Waals surface area contributed by atoms with E-state index in [1.54, 1.807) is 0 Å². The van der Waals surface area contributed by atoms with Crippen molar-refractivity contribution in [2.24, 2.45) is 0 Å². The Balaban J connectivity index is 3.27. The Labute approximate surface area is 72.9 Å². The third kappa shape index (κ3) is 0.997. The van der Waals surface area contributed by atoms with Crippen LogP contribution in [0.4, 0.5) is 30.2 Å². The second-order valence-electron chi connectivity index (χ2n) is 2.68. The minimum absolute atomic E-state index is 4.31. The second kappa shape index (κ2) is 2.34. The topological polar surface area (TPSA) is 34.1 Å². The van der Waals surface area contributed by atoms with Gasteiger partial charge in [0.15, 0.2) is 0 Å². The highest BCUT2D eigenvalue weighted by Gasteiger charge is 2.94. The van der Waals surface area contributed by atoms with Gasteiger partial charge in [-0.15, -0.1) is 3.89 Å². The van der Waals surface area contributed by atoms with Crippen molar-refractivity contribution in [1.82, 2.24) is 0 Å². The monoisotopic (exact) mass is 246 g/mol. The molecule has 2 nitrogen and oxygen atoms in total. The van der Waals surface area contributed by atoms with Crippen LogP contribution in [0.1, 0.15) is 0 Å². The maximum atomic E-state index is 12.1. The highest BCUT2D eigenvalue weighted by Crippen LogP contribution is 2.63. The molecule has 0 aromatic heterocycles. The Bertz CT molecular complexity index is 340. The van der Waals surface area contributed by atoms with Gasteiger partial charge in [0.1, 0.15) is 0 Å². The molecule has 0 saturated heterocycles. The van der Waals surface area contributed by atoms with Gasteiger partial charge in [-0.25, -0.2) is 0 Å². The smallest absolute Gasteiger partial charge is 0.198 e. The van der Waals surface area contributed by atoms with E-state index in [2.05, 4.69) is 0 Å². The summed E-state index contributed by atoms with van der Waals surface area (Å²) in [6, 6.07) is 0. The maximum absolute atomic E-state index is 12.1. The van der Waals surface area contributed by atoms with Crippen LogP contribution < -0.4 is 0 Å². The van der Waals surface area contributed by atoms with Crippen molar-refractivity contribution < 1.29 is 38.6 Å². The van der Waals surface area contributed by atoms with E-state index < -0.39 is 33.2 Å². The Morgan fingerprint density at radius 3 is 1.29 bits per heavy atom. The lowest BCUT2D eigenvalue weighted by molar-refractivity contribution is -0.391. The number of hydrogen-bond acceptors (Lipinski definition) is 2. The lowest BCUT2D eigenvalue weighted by Gasteiger charge is -2.47. The molecule has 0 aromatic carbocycles. The molecule has 0 N–H and O–H groups in total. The van der Waals surface area contributed by atoms with E-state index >= 15 is 0 Å². The third-order valence-electron chi connectivity index (χ3n) is 1.78. The van der Waals surface area contributed by atoms with Crippen molar-refractivity contribution in [2.75, 3.05) is 0 Å². The zero-order valence-corrected chi connectivity index (χ0v) is 6.76. The van der Waals surface area contributed by atoms with E-state index in [9.17, 15) is 38.6 Å². The third-order valence-corrected chi connectivity index (χ3v) is 2.93. The lowest BCUT2D eigenvalue weighted by Crippen LogP contribution is -2.79. The maximum Gasteiger partial charge on any atom is 0.375 e. The van der Waals surface area contributed by atoms with Crippen molar-refractivity contribution in [3.8, 4) is 0 Å². The molecular formula is C4HF7O2S. The van der Waals surface area contributed by atoms with Crippen LogP contribution >= 0.6 is 0 Å². The Kier molecular flexibility index (Phi) is 1.93. The normalized spacial score (nSPS) is 29.6. The molecule has 14 heavy (non-hydrogen) atoms. The molecule has 1 aliphatic rings. The van der Waals surface area contributed by atoms with Crippen LogP contribution in [-0.2, 0) is 10.2 Å². The van der Waals surface area contributed by atoms with E-state index in [0.717, 1.165) is 0 Å². The zero-order chi connectivity index (χ0) is 11.6. The fourth-order valence-electron chi connectivity index (χ4n) is 1.06. The van der Waals surface area contributed by atoms with Crippen molar-refractivity contribution in [3.05, 3.63) is 0 Å². The van der Waals surface area contributed by atoms with E-state index in [1.165, 1.54) is 0 Å². The molecule has 0 bridgehead atoms.